The molecule has 0 atom stereocenters. The third kappa shape index (κ3) is 8.93. The van der Waals surface area contributed by atoms with Crippen LogP contribution in [-0.4, -0.2) is 17.6 Å². The maximum atomic E-state index is 13.2. The predicted octanol–water partition coefficient (Wildman–Crippen LogP) is 8.19. The molecule has 0 fully saturated rings. The molecule has 0 bridgehead atoms. The lowest BCUT2D eigenvalue weighted by Crippen LogP contribution is -2.16. The van der Waals surface area contributed by atoms with E-state index in [-0.39, 0.29) is 66.0 Å². The zero-order valence-corrected chi connectivity index (χ0v) is 23.7. The zero-order chi connectivity index (χ0) is 32.9. The van der Waals surface area contributed by atoms with Crippen molar-refractivity contribution in [1.82, 2.24) is 0 Å². The fourth-order valence-electron chi connectivity index (χ4n) is 4.89. The monoisotopic (exact) mass is 635 g/mol. The highest BCUT2D eigenvalue weighted by Gasteiger charge is 2.37. The molecular formula is C32H28F7N3O3. The summed E-state index contributed by atoms with van der Waals surface area (Å²) >= 11 is 0. The summed E-state index contributed by atoms with van der Waals surface area (Å²) in [7, 11) is 0. The Morgan fingerprint density at radius 1 is 0.778 bits per heavy atom. The fourth-order valence-corrected chi connectivity index (χ4v) is 4.89. The number of Topliss-reactive ketones (excluding diaryl/α,β-unsaturated/α-hetero) is 1. The van der Waals surface area contributed by atoms with Crippen LogP contribution in [0.3, 0.4) is 0 Å². The molecule has 3 aromatic carbocycles. The maximum Gasteiger partial charge on any atom is 0.416 e. The highest BCUT2D eigenvalue weighted by molar-refractivity contribution is 6.13. The molecule has 238 valence electrons. The highest BCUT2D eigenvalue weighted by Crippen LogP contribution is 2.37. The summed E-state index contributed by atoms with van der Waals surface area (Å²) in [6.45, 7) is 0. The first-order chi connectivity index (χ1) is 21.1. The van der Waals surface area contributed by atoms with Crippen molar-refractivity contribution in [2.75, 3.05) is 16.4 Å². The van der Waals surface area contributed by atoms with Gasteiger partial charge in [-0.3, -0.25) is 14.4 Å². The second kappa shape index (κ2) is 13.5. The van der Waals surface area contributed by atoms with E-state index in [0.717, 1.165) is 12.1 Å². The molecule has 1 aliphatic rings. The van der Waals surface area contributed by atoms with Crippen LogP contribution in [0.15, 0.2) is 60.2 Å². The van der Waals surface area contributed by atoms with Crippen molar-refractivity contribution in [2.24, 2.45) is 0 Å². The molecule has 3 aromatic rings. The number of carbonyl (C=O) groups is 3. The number of halogens is 7. The number of nitrogens with two attached hydrogens (primary N) is 1. The molecule has 4 rings (SSSR count). The van der Waals surface area contributed by atoms with Crippen LogP contribution in [0, 0.1) is 5.82 Å². The Hall–Kier alpha value is -4.68. The number of nitrogens with one attached hydrogen (secondary N) is 2. The lowest BCUT2D eigenvalue weighted by molar-refractivity contribution is -0.143. The summed E-state index contributed by atoms with van der Waals surface area (Å²) in [6, 6.07) is 9.40. The number of amides is 2. The van der Waals surface area contributed by atoms with Crippen LogP contribution in [0.5, 0.6) is 0 Å². The van der Waals surface area contributed by atoms with Crippen LogP contribution in [-0.2, 0) is 28.4 Å². The van der Waals surface area contributed by atoms with Crippen molar-refractivity contribution in [3.8, 4) is 0 Å². The van der Waals surface area contributed by atoms with Gasteiger partial charge in [0, 0.05) is 29.7 Å². The van der Waals surface area contributed by atoms with E-state index < -0.39 is 35.1 Å². The molecule has 0 heterocycles. The first-order valence-electron chi connectivity index (χ1n) is 13.9. The number of carbonyl (C=O) groups excluding carboxylic acids is 3. The first-order valence-corrected chi connectivity index (χ1v) is 13.9. The molecule has 0 saturated heterocycles. The van der Waals surface area contributed by atoms with Gasteiger partial charge in [-0.25, -0.2) is 4.39 Å². The number of hydrogen-bond donors (Lipinski definition) is 3. The molecule has 1 aliphatic carbocycles. The Kier molecular flexibility index (Phi) is 9.99. The number of rotatable bonds is 9. The normalized spacial score (nSPS) is 14.3. The predicted molar refractivity (Wildman–Crippen MR) is 155 cm³/mol. The van der Waals surface area contributed by atoms with E-state index in [2.05, 4.69) is 10.6 Å². The largest absolute Gasteiger partial charge is 0.416 e. The molecule has 13 heteroatoms. The Bertz CT molecular complexity index is 1610. The van der Waals surface area contributed by atoms with Gasteiger partial charge in [0.25, 0.3) is 0 Å². The summed E-state index contributed by atoms with van der Waals surface area (Å²) in [5.41, 5.74) is 4.12. The van der Waals surface area contributed by atoms with E-state index in [1.807, 2.05) is 0 Å². The standard InChI is InChI=1S/C32H28F7N3O3/c33-23-8-11-27(26(40)17-23)42-29(44)5-3-1-2-4-28(43)41-24-9-10-25-19(15-24)6-7-20(30(25)45)12-18-13-21(31(34,35)36)16-22(14-18)32(37,38)39/h8-17H,1-7,40H2,(H,41,43)(H,42,44)/b20-12+. The van der Waals surface area contributed by atoms with Gasteiger partial charge < -0.3 is 16.4 Å². The van der Waals surface area contributed by atoms with Crippen LogP contribution in [0.4, 0.5) is 47.8 Å². The number of unbranched alkanes of at least 4 members (excludes halogenated alkanes) is 2. The molecule has 6 nitrogen and oxygen atoms in total. The average Bonchev–Trinajstić information content (AvgIpc) is 2.95. The van der Waals surface area contributed by atoms with Crippen LogP contribution in [0.2, 0.25) is 0 Å². The zero-order valence-electron chi connectivity index (χ0n) is 23.7. The van der Waals surface area contributed by atoms with Crippen LogP contribution in [0.25, 0.3) is 6.08 Å². The molecule has 4 N–H and O–H groups in total. The number of alkyl halides is 6. The minimum Gasteiger partial charge on any atom is -0.397 e. The molecule has 0 aromatic heterocycles. The Morgan fingerprint density at radius 2 is 1.40 bits per heavy atom. The van der Waals surface area contributed by atoms with Crippen molar-refractivity contribution in [3.05, 3.63) is 93.8 Å². The molecule has 45 heavy (non-hydrogen) atoms. The van der Waals surface area contributed by atoms with Gasteiger partial charge in [-0.05, 0) is 97.5 Å². The van der Waals surface area contributed by atoms with Gasteiger partial charge in [0.15, 0.2) is 5.78 Å². The summed E-state index contributed by atoms with van der Waals surface area (Å²) in [5.74, 6) is -1.61. The second-order valence-electron chi connectivity index (χ2n) is 10.6. The van der Waals surface area contributed by atoms with Crippen LogP contribution < -0.4 is 16.4 Å². The number of ketones is 1. The lowest BCUT2D eigenvalue weighted by atomic mass is 9.85. The van der Waals surface area contributed by atoms with Gasteiger partial charge in [-0.15, -0.1) is 0 Å². The van der Waals surface area contributed by atoms with E-state index in [1.165, 1.54) is 24.3 Å². The summed E-state index contributed by atoms with van der Waals surface area (Å²) in [6.07, 6.45) is -6.63. The quantitative estimate of drug-likeness (QED) is 0.0956. The van der Waals surface area contributed by atoms with Gasteiger partial charge in [0.1, 0.15) is 5.82 Å². The van der Waals surface area contributed by atoms with Gasteiger partial charge in [-0.2, -0.15) is 26.3 Å². The Labute approximate surface area is 253 Å². The van der Waals surface area contributed by atoms with Crippen molar-refractivity contribution in [2.45, 2.75) is 57.3 Å². The molecular weight excluding hydrogens is 607 g/mol. The molecule has 0 unspecified atom stereocenters. The summed E-state index contributed by atoms with van der Waals surface area (Å²) in [4.78, 5) is 37.6. The van der Waals surface area contributed by atoms with Crippen LogP contribution in [0.1, 0.15) is 71.1 Å². The van der Waals surface area contributed by atoms with E-state index >= 15 is 0 Å². The molecule has 0 spiro atoms. The van der Waals surface area contributed by atoms with Gasteiger partial charge in [0.05, 0.1) is 22.5 Å². The first kappa shape index (κ1) is 33.2. The topological polar surface area (TPSA) is 101 Å². The lowest BCUT2D eigenvalue weighted by Gasteiger charge is -2.19. The average molecular weight is 636 g/mol. The summed E-state index contributed by atoms with van der Waals surface area (Å²) < 4.78 is 92.5. The van der Waals surface area contributed by atoms with Crippen molar-refractivity contribution in [3.63, 3.8) is 0 Å². The van der Waals surface area contributed by atoms with Gasteiger partial charge >= 0.3 is 12.4 Å². The van der Waals surface area contributed by atoms with Gasteiger partial charge in [-0.1, -0.05) is 6.42 Å². The number of anilines is 3. The third-order valence-electron chi connectivity index (χ3n) is 7.14. The van der Waals surface area contributed by atoms with Crippen molar-refractivity contribution in [1.29, 1.82) is 0 Å². The second-order valence-corrected chi connectivity index (χ2v) is 10.6. The SMILES string of the molecule is Nc1cc(F)ccc1NC(=O)CCCCCC(=O)Nc1ccc2c(c1)CC/C(=C\c1cc(C(F)(F)F)cc(C(F)(F)F)c1)C2=O. The molecule has 0 radical (unpaired) electrons. The number of fused-ring (bicyclic) bond motifs is 1. The molecule has 0 saturated carbocycles. The Morgan fingerprint density at radius 3 is 2.00 bits per heavy atom. The number of allylic oxidation sites excluding steroid dienone is 1. The van der Waals surface area contributed by atoms with Gasteiger partial charge in [0.2, 0.25) is 11.8 Å². The minimum absolute atomic E-state index is 0.0310. The van der Waals surface area contributed by atoms with E-state index in [9.17, 15) is 45.1 Å². The minimum atomic E-state index is -5.00. The Balaban J connectivity index is 1.30. The number of benzene rings is 3. The fraction of sp³-hybridized carbons (Fsp3) is 0.281. The van der Waals surface area contributed by atoms with E-state index in [0.29, 0.717) is 48.3 Å². The number of nitrogen functional groups attached to an aromatic ring is 1. The molecule has 2 amide bonds. The third-order valence-corrected chi connectivity index (χ3v) is 7.14. The van der Waals surface area contributed by atoms with Crippen LogP contribution >= 0.6 is 0 Å². The summed E-state index contributed by atoms with van der Waals surface area (Å²) in [5, 5.41) is 5.35. The highest BCUT2D eigenvalue weighted by atomic mass is 19.4. The van der Waals surface area contributed by atoms with Crippen molar-refractivity contribution < 1.29 is 45.1 Å². The maximum absolute atomic E-state index is 13.2. The number of aryl methyl sites for hydroxylation is 1. The van der Waals surface area contributed by atoms with E-state index in [4.69, 9.17) is 5.73 Å². The number of hydrogen-bond acceptors (Lipinski definition) is 4. The smallest absolute Gasteiger partial charge is 0.397 e. The molecule has 0 aliphatic heterocycles. The van der Waals surface area contributed by atoms with Crippen molar-refractivity contribution >= 4 is 40.7 Å². The van der Waals surface area contributed by atoms with E-state index in [1.54, 1.807) is 6.07 Å².